The number of rotatable bonds is 9. The lowest BCUT2D eigenvalue weighted by Crippen LogP contribution is -2.27. The van der Waals surface area contributed by atoms with Crippen LogP contribution in [-0.4, -0.2) is 51.0 Å². The summed E-state index contributed by atoms with van der Waals surface area (Å²) in [5, 5.41) is 29.9. The molecular formula is C20H27N5O5. The average Bonchev–Trinajstić information content (AvgIpc) is 3.12. The van der Waals surface area contributed by atoms with Crippen LogP contribution in [0.3, 0.4) is 0 Å². The highest BCUT2D eigenvalue weighted by atomic mass is 16.4. The van der Waals surface area contributed by atoms with Crippen LogP contribution in [0.2, 0.25) is 0 Å². The maximum Gasteiger partial charge on any atom is 0.328 e. The molecule has 30 heavy (non-hydrogen) atoms. The lowest BCUT2D eigenvalue weighted by molar-refractivity contribution is -0.134. The van der Waals surface area contributed by atoms with Gasteiger partial charge in [0.1, 0.15) is 0 Å². The second-order valence-corrected chi connectivity index (χ2v) is 6.14. The number of aliphatic hydroxyl groups excluding tert-OH is 1. The van der Waals surface area contributed by atoms with E-state index in [4.69, 9.17) is 15.9 Å². The van der Waals surface area contributed by atoms with Crippen molar-refractivity contribution in [3.8, 4) is 0 Å². The van der Waals surface area contributed by atoms with Crippen LogP contribution >= 0.6 is 0 Å². The highest BCUT2D eigenvalue weighted by molar-refractivity contribution is 5.99. The molecule has 0 saturated heterocycles. The van der Waals surface area contributed by atoms with Gasteiger partial charge in [-0.25, -0.2) is 15.0 Å². The molecular weight excluding hydrogens is 390 g/mol. The summed E-state index contributed by atoms with van der Waals surface area (Å²) in [7, 11) is 0. The number of nitrogens with two attached hydrogens (primary N) is 1. The number of nitrogens with zero attached hydrogens (tertiary/aromatic N) is 2. The molecule has 2 rings (SSSR count). The van der Waals surface area contributed by atoms with Crippen molar-refractivity contribution in [2.75, 3.05) is 6.54 Å². The molecule has 2 aromatic rings. The molecule has 0 fully saturated rings. The Hall–Kier alpha value is -3.66. The van der Waals surface area contributed by atoms with Crippen LogP contribution in [0, 0.1) is 0 Å². The third kappa shape index (κ3) is 9.51. The van der Waals surface area contributed by atoms with Gasteiger partial charge >= 0.3 is 11.9 Å². The normalized spacial score (nSPS) is 11.6. The summed E-state index contributed by atoms with van der Waals surface area (Å²) in [6.45, 7) is 2.89. The Kier molecular flexibility index (Phi) is 11.0. The second-order valence-electron chi connectivity index (χ2n) is 6.14. The van der Waals surface area contributed by atoms with E-state index in [0.29, 0.717) is 18.1 Å². The van der Waals surface area contributed by atoms with Gasteiger partial charge in [0.2, 0.25) is 5.96 Å². The minimum Gasteiger partial charge on any atom is -0.478 e. The standard InChI is InChI=1S/C16H23N5O.C4H4O4/c1-2-3-4-7-18-16(17)21-20-10-13-9-19-15-6-5-12(11-22)8-14(13)15;5-3(6)1-2-4(7)8/h5-6,8-10,19,22H,2-4,7,11H2,1H3,(H3,17,18,21);1-2H,(H,5,6)(H,7,8)/b;2-1+. The number of carboxylic acid groups (broad SMARTS) is 2. The monoisotopic (exact) mass is 417 g/mol. The maximum atomic E-state index is 9.55. The predicted octanol–water partition coefficient (Wildman–Crippen LogP) is 1.80. The molecule has 10 nitrogen and oxygen atoms in total. The van der Waals surface area contributed by atoms with Crippen LogP contribution < -0.4 is 11.2 Å². The topological polar surface area (TPSA) is 173 Å². The number of fused-ring (bicyclic) bond motifs is 1. The summed E-state index contributed by atoms with van der Waals surface area (Å²) in [6, 6.07) is 5.77. The minimum atomic E-state index is -1.26. The molecule has 0 aliphatic carbocycles. The first kappa shape index (κ1) is 24.4. The van der Waals surface area contributed by atoms with Gasteiger partial charge in [0.25, 0.3) is 0 Å². The van der Waals surface area contributed by atoms with Crippen LogP contribution in [0.25, 0.3) is 10.9 Å². The maximum absolute atomic E-state index is 9.55. The molecule has 0 amide bonds. The molecule has 0 aliphatic heterocycles. The van der Waals surface area contributed by atoms with Crippen LogP contribution in [0.4, 0.5) is 0 Å². The molecule has 1 aromatic carbocycles. The van der Waals surface area contributed by atoms with E-state index in [2.05, 4.69) is 27.4 Å². The zero-order valence-electron chi connectivity index (χ0n) is 16.7. The van der Waals surface area contributed by atoms with E-state index < -0.39 is 11.9 Å². The number of carbonyl (C=O) groups is 2. The Morgan fingerprint density at radius 3 is 2.50 bits per heavy atom. The number of hydrogen-bond donors (Lipinski definition) is 6. The number of unbranched alkanes of at least 4 members (excludes halogenated alkanes) is 2. The Morgan fingerprint density at radius 1 is 1.20 bits per heavy atom. The number of aromatic amines is 1. The number of hydrazone groups is 1. The molecule has 0 spiro atoms. The zero-order chi connectivity index (χ0) is 22.4. The van der Waals surface area contributed by atoms with Gasteiger partial charge in [-0.05, 0) is 24.1 Å². The fourth-order valence-electron chi connectivity index (χ4n) is 2.30. The number of hydrogen-bond acceptors (Lipinski definition) is 5. The zero-order valence-corrected chi connectivity index (χ0v) is 16.7. The summed E-state index contributed by atoms with van der Waals surface area (Å²) in [5.74, 6) is -2.19. The third-order valence-corrected chi connectivity index (χ3v) is 3.76. The first-order valence-corrected chi connectivity index (χ1v) is 9.31. The van der Waals surface area contributed by atoms with E-state index in [1.165, 1.54) is 0 Å². The molecule has 162 valence electrons. The number of nitrogens with one attached hydrogen (secondary N) is 2. The number of aliphatic hydroxyl groups is 1. The van der Waals surface area contributed by atoms with Crippen molar-refractivity contribution in [3.63, 3.8) is 0 Å². The summed E-state index contributed by atoms with van der Waals surface area (Å²) in [6.07, 6.45) is 8.03. The largest absolute Gasteiger partial charge is 0.478 e. The highest BCUT2D eigenvalue weighted by Crippen LogP contribution is 2.18. The van der Waals surface area contributed by atoms with E-state index >= 15 is 0 Å². The Morgan fingerprint density at radius 2 is 1.90 bits per heavy atom. The molecule has 7 N–H and O–H groups in total. The minimum absolute atomic E-state index is 0.0211. The molecule has 0 bridgehead atoms. The fraction of sp³-hybridized carbons (Fsp3) is 0.300. The molecule has 0 unspecified atom stereocenters. The summed E-state index contributed by atoms with van der Waals surface area (Å²) >= 11 is 0. The number of H-pyrrole nitrogens is 1. The van der Waals surface area contributed by atoms with Gasteiger partial charge in [-0.3, -0.25) is 4.99 Å². The summed E-state index contributed by atoms with van der Waals surface area (Å²) < 4.78 is 0. The molecule has 0 aliphatic rings. The first-order valence-electron chi connectivity index (χ1n) is 9.31. The van der Waals surface area contributed by atoms with Crippen molar-refractivity contribution in [1.82, 2.24) is 10.4 Å². The Balaban J connectivity index is 0.000000479. The molecule has 1 aromatic heterocycles. The second kappa shape index (κ2) is 13.5. The number of carboxylic acids is 2. The SMILES string of the molecule is CCCCCN=C(N)NN=Cc1c[nH]c2ccc(CO)cc12.O=C(O)/C=C/C(=O)O. The summed E-state index contributed by atoms with van der Waals surface area (Å²) in [4.78, 5) is 26.5. The molecule has 0 saturated carbocycles. The van der Waals surface area contributed by atoms with Gasteiger partial charge in [-0.15, -0.1) is 0 Å². The van der Waals surface area contributed by atoms with Crippen molar-refractivity contribution in [2.45, 2.75) is 32.8 Å². The van der Waals surface area contributed by atoms with E-state index in [-0.39, 0.29) is 6.61 Å². The smallest absolute Gasteiger partial charge is 0.328 e. The van der Waals surface area contributed by atoms with Crippen molar-refractivity contribution in [1.29, 1.82) is 0 Å². The average molecular weight is 417 g/mol. The first-order chi connectivity index (χ1) is 14.4. The Bertz CT molecular complexity index is 901. The van der Waals surface area contributed by atoms with Crippen LogP contribution in [0.5, 0.6) is 0 Å². The van der Waals surface area contributed by atoms with Crippen molar-refractivity contribution in [2.24, 2.45) is 15.8 Å². The quantitative estimate of drug-likeness (QED) is 0.119. The van der Waals surface area contributed by atoms with E-state index in [1.54, 1.807) is 6.21 Å². The van der Waals surface area contributed by atoms with Gasteiger partial charge in [0.05, 0.1) is 12.8 Å². The number of guanidine groups is 1. The number of aliphatic carboxylic acids is 2. The molecule has 1 heterocycles. The van der Waals surface area contributed by atoms with Gasteiger partial charge in [-0.2, -0.15) is 5.10 Å². The van der Waals surface area contributed by atoms with E-state index in [1.807, 2.05) is 24.4 Å². The van der Waals surface area contributed by atoms with Crippen molar-refractivity contribution >= 4 is 35.0 Å². The van der Waals surface area contributed by atoms with Crippen molar-refractivity contribution < 1.29 is 24.9 Å². The molecule has 0 atom stereocenters. The van der Waals surface area contributed by atoms with Crippen LogP contribution in [0.1, 0.15) is 37.3 Å². The highest BCUT2D eigenvalue weighted by Gasteiger charge is 2.02. The van der Waals surface area contributed by atoms with Gasteiger partial charge in [0.15, 0.2) is 0 Å². The molecule has 0 radical (unpaired) electrons. The van der Waals surface area contributed by atoms with E-state index in [9.17, 15) is 14.7 Å². The van der Waals surface area contributed by atoms with Crippen LogP contribution in [0.15, 0.2) is 46.6 Å². The third-order valence-electron chi connectivity index (χ3n) is 3.76. The summed E-state index contributed by atoms with van der Waals surface area (Å²) in [5.41, 5.74) is 11.3. The lowest BCUT2D eigenvalue weighted by Gasteiger charge is -1.99. The number of aliphatic imine (C=N–C) groups is 1. The number of aromatic nitrogens is 1. The lowest BCUT2D eigenvalue weighted by atomic mass is 10.1. The predicted molar refractivity (Wildman–Crippen MR) is 115 cm³/mol. The van der Waals surface area contributed by atoms with Gasteiger partial charge in [0, 0.05) is 41.4 Å². The van der Waals surface area contributed by atoms with Crippen LogP contribution in [-0.2, 0) is 16.2 Å². The fourth-order valence-corrected chi connectivity index (χ4v) is 2.30. The van der Waals surface area contributed by atoms with Gasteiger partial charge in [-0.1, -0.05) is 25.8 Å². The van der Waals surface area contributed by atoms with E-state index in [0.717, 1.165) is 47.8 Å². The number of benzene rings is 1. The Labute approximate surface area is 173 Å². The van der Waals surface area contributed by atoms with Gasteiger partial charge < -0.3 is 26.0 Å². The molecule has 10 heteroatoms. The van der Waals surface area contributed by atoms with Crippen molar-refractivity contribution in [3.05, 3.63) is 47.7 Å².